The Morgan fingerprint density at radius 1 is 0.688 bits per heavy atom. The van der Waals surface area contributed by atoms with Crippen molar-refractivity contribution >= 4 is 5.97 Å². The Balaban J connectivity index is 2.13. The van der Waals surface area contributed by atoms with E-state index in [4.69, 9.17) is 9.47 Å². The van der Waals surface area contributed by atoms with Gasteiger partial charge in [-0.3, -0.25) is 4.79 Å². The van der Waals surface area contributed by atoms with Crippen LogP contribution in [0.25, 0.3) is 0 Å². The van der Waals surface area contributed by atoms with E-state index in [-0.39, 0.29) is 5.97 Å². The monoisotopic (exact) mass is 228 g/mol. The molecule has 0 atom stereocenters. The fourth-order valence-corrected chi connectivity index (χ4v) is 1.92. The summed E-state index contributed by atoms with van der Waals surface area (Å²) in [6.45, 7) is 1.77. The van der Waals surface area contributed by atoms with Gasteiger partial charge in [0.2, 0.25) is 0 Å². The summed E-state index contributed by atoms with van der Waals surface area (Å²) >= 11 is 0. The molecule has 0 unspecified atom stereocenters. The maximum Gasteiger partial charge on any atom is 0.305 e. The number of hydrogen-bond donors (Lipinski definition) is 0. The molecular weight excluding hydrogens is 204 g/mol. The summed E-state index contributed by atoms with van der Waals surface area (Å²) in [4.78, 5) is 11.2. The molecular formula is C13H24O3. The first-order valence-corrected chi connectivity index (χ1v) is 6.63. The first kappa shape index (κ1) is 13.5. The minimum Gasteiger partial charge on any atom is -0.463 e. The molecule has 3 nitrogen and oxygen atoms in total. The number of ether oxygens (including phenoxy) is 2. The van der Waals surface area contributed by atoms with Crippen molar-refractivity contribution in [2.45, 2.75) is 57.8 Å². The van der Waals surface area contributed by atoms with Crippen LogP contribution in [0.2, 0.25) is 0 Å². The average molecular weight is 228 g/mol. The number of hydrogen-bond acceptors (Lipinski definition) is 3. The predicted octanol–water partition coefficient (Wildman–Crippen LogP) is 3.07. The fourth-order valence-electron chi connectivity index (χ4n) is 1.92. The van der Waals surface area contributed by atoms with Crippen LogP contribution >= 0.6 is 0 Å². The van der Waals surface area contributed by atoms with Crippen LogP contribution in [-0.4, -0.2) is 25.8 Å². The molecule has 0 radical (unpaired) electrons. The second-order valence-corrected chi connectivity index (χ2v) is 4.41. The van der Waals surface area contributed by atoms with Gasteiger partial charge in [0.25, 0.3) is 0 Å². The molecule has 1 saturated heterocycles. The van der Waals surface area contributed by atoms with E-state index < -0.39 is 0 Å². The van der Waals surface area contributed by atoms with Gasteiger partial charge in [-0.2, -0.15) is 0 Å². The molecule has 0 aromatic rings. The van der Waals surface area contributed by atoms with Gasteiger partial charge in [-0.15, -0.1) is 0 Å². The molecule has 0 amide bonds. The Morgan fingerprint density at radius 3 is 2.06 bits per heavy atom. The van der Waals surface area contributed by atoms with Gasteiger partial charge in [-0.1, -0.05) is 38.5 Å². The van der Waals surface area contributed by atoms with Crippen molar-refractivity contribution in [3.05, 3.63) is 0 Å². The first-order valence-electron chi connectivity index (χ1n) is 6.63. The molecule has 1 aliphatic rings. The molecule has 1 aliphatic heterocycles. The average Bonchev–Trinajstić information content (AvgIpc) is 2.29. The van der Waals surface area contributed by atoms with E-state index in [2.05, 4.69) is 0 Å². The van der Waals surface area contributed by atoms with E-state index in [1.807, 2.05) is 0 Å². The van der Waals surface area contributed by atoms with Crippen molar-refractivity contribution in [1.29, 1.82) is 0 Å². The van der Waals surface area contributed by atoms with Crippen LogP contribution in [-0.2, 0) is 14.3 Å². The van der Waals surface area contributed by atoms with Crippen LogP contribution in [0.1, 0.15) is 57.8 Å². The van der Waals surface area contributed by atoms with E-state index in [1.54, 1.807) is 0 Å². The summed E-state index contributed by atoms with van der Waals surface area (Å²) in [7, 11) is 0. The molecule has 0 spiro atoms. The molecule has 1 rings (SSSR count). The van der Waals surface area contributed by atoms with Gasteiger partial charge >= 0.3 is 5.97 Å². The zero-order valence-corrected chi connectivity index (χ0v) is 10.2. The van der Waals surface area contributed by atoms with Gasteiger partial charge in [-0.25, -0.2) is 0 Å². The van der Waals surface area contributed by atoms with Crippen LogP contribution in [0.3, 0.4) is 0 Å². The van der Waals surface area contributed by atoms with Crippen LogP contribution < -0.4 is 0 Å². The third-order valence-corrected chi connectivity index (χ3v) is 2.91. The minimum absolute atomic E-state index is 0.0709. The molecule has 1 heterocycles. The maximum atomic E-state index is 11.2. The van der Waals surface area contributed by atoms with E-state index in [1.165, 1.54) is 32.1 Å². The van der Waals surface area contributed by atoms with E-state index >= 15 is 0 Å². The van der Waals surface area contributed by atoms with E-state index in [0.29, 0.717) is 19.6 Å². The SMILES string of the molecule is O=C1CCCCCCCCCCOCCO1. The van der Waals surface area contributed by atoms with Gasteiger partial charge < -0.3 is 9.47 Å². The van der Waals surface area contributed by atoms with Gasteiger partial charge in [0.1, 0.15) is 6.61 Å². The third kappa shape index (κ3) is 7.69. The summed E-state index contributed by atoms with van der Waals surface area (Å²) < 4.78 is 10.4. The van der Waals surface area contributed by atoms with E-state index in [0.717, 1.165) is 25.9 Å². The van der Waals surface area contributed by atoms with Crippen LogP contribution in [0.5, 0.6) is 0 Å². The van der Waals surface area contributed by atoms with Crippen molar-refractivity contribution in [3.63, 3.8) is 0 Å². The Bertz CT molecular complexity index is 162. The number of rotatable bonds is 0. The zero-order chi connectivity index (χ0) is 11.5. The lowest BCUT2D eigenvalue weighted by Gasteiger charge is -2.05. The van der Waals surface area contributed by atoms with Crippen LogP contribution in [0.4, 0.5) is 0 Å². The second-order valence-electron chi connectivity index (χ2n) is 4.41. The molecule has 0 N–H and O–H groups in total. The smallest absolute Gasteiger partial charge is 0.305 e. The highest BCUT2D eigenvalue weighted by Crippen LogP contribution is 2.10. The lowest BCUT2D eigenvalue weighted by Crippen LogP contribution is -2.10. The predicted molar refractivity (Wildman–Crippen MR) is 63.3 cm³/mol. The van der Waals surface area contributed by atoms with Crippen molar-refractivity contribution in [2.24, 2.45) is 0 Å². The Hall–Kier alpha value is -0.570. The lowest BCUT2D eigenvalue weighted by atomic mass is 10.1. The molecule has 3 heteroatoms. The van der Waals surface area contributed by atoms with Crippen molar-refractivity contribution in [3.8, 4) is 0 Å². The molecule has 94 valence electrons. The lowest BCUT2D eigenvalue weighted by molar-refractivity contribution is -0.145. The molecule has 0 bridgehead atoms. The maximum absolute atomic E-state index is 11.2. The number of esters is 1. The summed E-state index contributed by atoms with van der Waals surface area (Å²) in [6, 6.07) is 0. The summed E-state index contributed by atoms with van der Waals surface area (Å²) in [6.07, 6.45) is 10.3. The molecule has 1 fully saturated rings. The Morgan fingerprint density at radius 2 is 1.31 bits per heavy atom. The van der Waals surface area contributed by atoms with Gasteiger partial charge in [0, 0.05) is 13.0 Å². The summed E-state index contributed by atoms with van der Waals surface area (Å²) in [5.41, 5.74) is 0. The highest BCUT2D eigenvalue weighted by atomic mass is 16.6. The highest BCUT2D eigenvalue weighted by molar-refractivity contribution is 5.69. The number of cyclic esters (lactones) is 1. The highest BCUT2D eigenvalue weighted by Gasteiger charge is 2.03. The zero-order valence-electron chi connectivity index (χ0n) is 10.2. The Kier molecular flexibility index (Phi) is 8.13. The molecule has 0 aromatic heterocycles. The number of carbonyl (C=O) groups is 1. The fraction of sp³-hybridized carbons (Fsp3) is 0.923. The van der Waals surface area contributed by atoms with Gasteiger partial charge in [-0.05, 0) is 12.8 Å². The molecule has 16 heavy (non-hydrogen) atoms. The van der Waals surface area contributed by atoms with E-state index in [9.17, 15) is 4.79 Å². The minimum atomic E-state index is -0.0709. The second kappa shape index (κ2) is 9.64. The van der Waals surface area contributed by atoms with Gasteiger partial charge in [0.05, 0.1) is 6.61 Å². The molecule has 0 aliphatic carbocycles. The third-order valence-electron chi connectivity index (χ3n) is 2.91. The topological polar surface area (TPSA) is 35.5 Å². The van der Waals surface area contributed by atoms with Gasteiger partial charge in [0.15, 0.2) is 0 Å². The van der Waals surface area contributed by atoms with Crippen molar-refractivity contribution in [2.75, 3.05) is 19.8 Å². The quantitative estimate of drug-likeness (QED) is 0.598. The molecule has 0 aromatic carbocycles. The standard InChI is InChI=1S/C13H24O3/c14-13-9-7-5-3-1-2-4-6-8-10-15-11-12-16-13/h1-12H2. The Labute approximate surface area is 98.5 Å². The molecule has 0 saturated carbocycles. The van der Waals surface area contributed by atoms with Crippen LogP contribution in [0.15, 0.2) is 0 Å². The normalized spacial score (nSPS) is 22.9. The summed E-state index contributed by atoms with van der Waals surface area (Å²) in [5, 5.41) is 0. The number of carbonyl (C=O) groups excluding carboxylic acids is 1. The van der Waals surface area contributed by atoms with Crippen LogP contribution in [0, 0.1) is 0 Å². The largest absolute Gasteiger partial charge is 0.463 e. The first-order chi connectivity index (χ1) is 7.89. The van der Waals surface area contributed by atoms with Crippen molar-refractivity contribution < 1.29 is 14.3 Å². The summed E-state index contributed by atoms with van der Waals surface area (Å²) in [5.74, 6) is -0.0709. The van der Waals surface area contributed by atoms with Crippen molar-refractivity contribution in [1.82, 2.24) is 0 Å².